The molecule has 1 atom stereocenters. The van der Waals surface area contributed by atoms with Crippen LogP contribution in [0.4, 0.5) is 0 Å². The third-order valence-corrected chi connectivity index (χ3v) is 5.75. The summed E-state index contributed by atoms with van der Waals surface area (Å²) >= 11 is 0.989. The molecule has 1 aromatic carbocycles. The Morgan fingerprint density at radius 2 is 1.77 bits per heavy atom. The summed E-state index contributed by atoms with van der Waals surface area (Å²) in [6.07, 6.45) is 0. The molecule has 0 aliphatic carbocycles. The molecular formula is C16H24O4SSi. The van der Waals surface area contributed by atoms with Crippen molar-refractivity contribution in [2.45, 2.75) is 37.9 Å². The maximum Gasteiger partial charge on any atom is 0.324 e. The van der Waals surface area contributed by atoms with Gasteiger partial charge < -0.3 is 9.47 Å². The molecule has 0 aromatic heterocycles. The standard InChI is InChI=1S/C16H24O4SSi/c1-12(17)21-15(13-6-8-14(19-2)9-7-13)16(18)20-10-11-22(3,4)5/h6-9,15H,10-11H2,1-5H3. The van der Waals surface area contributed by atoms with Gasteiger partial charge in [0.15, 0.2) is 5.12 Å². The fraction of sp³-hybridized carbons (Fsp3) is 0.500. The van der Waals surface area contributed by atoms with Crippen LogP contribution >= 0.6 is 11.8 Å². The molecule has 1 aromatic rings. The number of carbonyl (C=O) groups excluding carboxylic acids is 2. The predicted molar refractivity (Wildman–Crippen MR) is 93.1 cm³/mol. The van der Waals surface area contributed by atoms with Gasteiger partial charge in [-0.3, -0.25) is 9.59 Å². The smallest absolute Gasteiger partial charge is 0.324 e. The van der Waals surface area contributed by atoms with Crippen LogP contribution in [0.3, 0.4) is 0 Å². The van der Waals surface area contributed by atoms with Crippen LogP contribution in [0.15, 0.2) is 24.3 Å². The van der Waals surface area contributed by atoms with Crippen LogP contribution in [0.5, 0.6) is 5.75 Å². The molecule has 0 radical (unpaired) electrons. The van der Waals surface area contributed by atoms with E-state index in [0.29, 0.717) is 12.4 Å². The molecule has 0 bridgehead atoms. The molecule has 1 unspecified atom stereocenters. The van der Waals surface area contributed by atoms with Crippen LogP contribution in [0.25, 0.3) is 0 Å². The van der Waals surface area contributed by atoms with Gasteiger partial charge in [0.1, 0.15) is 11.0 Å². The number of hydrogen-bond acceptors (Lipinski definition) is 5. The molecule has 0 aliphatic heterocycles. The molecule has 6 heteroatoms. The molecule has 0 saturated heterocycles. The molecule has 0 spiro atoms. The average Bonchev–Trinajstić information content (AvgIpc) is 2.43. The summed E-state index contributed by atoms with van der Waals surface area (Å²) in [7, 11) is 0.335. The lowest BCUT2D eigenvalue weighted by Crippen LogP contribution is -2.24. The van der Waals surface area contributed by atoms with Crippen molar-refractivity contribution in [2.24, 2.45) is 0 Å². The van der Waals surface area contributed by atoms with E-state index in [-0.39, 0.29) is 11.1 Å². The third kappa shape index (κ3) is 6.66. The molecule has 0 amide bonds. The van der Waals surface area contributed by atoms with Crippen LogP contribution < -0.4 is 4.74 Å². The maximum atomic E-state index is 12.3. The highest BCUT2D eigenvalue weighted by Crippen LogP contribution is 2.32. The Bertz CT molecular complexity index is 508. The Balaban J connectivity index is 2.78. The molecule has 0 aliphatic rings. The molecule has 1 rings (SSSR count). The molecule has 0 fully saturated rings. The van der Waals surface area contributed by atoms with E-state index >= 15 is 0 Å². The summed E-state index contributed by atoms with van der Waals surface area (Å²) in [5, 5.41) is -0.729. The van der Waals surface area contributed by atoms with Crippen molar-refractivity contribution in [3.63, 3.8) is 0 Å². The van der Waals surface area contributed by atoms with E-state index in [0.717, 1.165) is 23.4 Å². The van der Waals surface area contributed by atoms with Gasteiger partial charge in [-0.2, -0.15) is 0 Å². The number of rotatable bonds is 7. The van der Waals surface area contributed by atoms with E-state index in [1.165, 1.54) is 6.92 Å². The molecule has 22 heavy (non-hydrogen) atoms. The van der Waals surface area contributed by atoms with Gasteiger partial charge in [0.05, 0.1) is 13.7 Å². The molecular weight excluding hydrogens is 316 g/mol. The Morgan fingerprint density at radius 3 is 2.23 bits per heavy atom. The molecule has 122 valence electrons. The topological polar surface area (TPSA) is 52.6 Å². The van der Waals surface area contributed by atoms with Crippen molar-refractivity contribution >= 4 is 30.9 Å². The van der Waals surface area contributed by atoms with E-state index < -0.39 is 13.3 Å². The quantitative estimate of drug-likeness (QED) is 0.556. The lowest BCUT2D eigenvalue weighted by atomic mass is 10.1. The van der Waals surface area contributed by atoms with Gasteiger partial charge in [0, 0.05) is 15.0 Å². The number of carbonyl (C=O) groups is 2. The summed E-state index contributed by atoms with van der Waals surface area (Å²) in [6.45, 7) is 8.56. The highest BCUT2D eigenvalue weighted by atomic mass is 32.2. The fourth-order valence-corrected chi connectivity index (χ4v) is 3.23. The predicted octanol–water partition coefficient (Wildman–Crippen LogP) is 3.90. The van der Waals surface area contributed by atoms with Crippen molar-refractivity contribution < 1.29 is 19.1 Å². The highest BCUT2D eigenvalue weighted by molar-refractivity contribution is 8.14. The second-order valence-corrected chi connectivity index (χ2v) is 13.1. The van der Waals surface area contributed by atoms with Crippen LogP contribution in [-0.4, -0.2) is 32.9 Å². The zero-order valence-corrected chi connectivity index (χ0v) is 15.7. The van der Waals surface area contributed by atoms with E-state index in [9.17, 15) is 9.59 Å². The minimum absolute atomic E-state index is 0.108. The Kier molecular flexibility index (Phi) is 7.15. The monoisotopic (exact) mass is 340 g/mol. The lowest BCUT2D eigenvalue weighted by molar-refractivity contribution is -0.142. The summed E-state index contributed by atoms with van der Waals surface area (Å²) in [5.41, 5.74) is 0.749. The lowest BCUT2D eigenvalue weighted by Gasteiger charge is -2.18. The van der Waals surface area contributed by atoms with Crippen LogP contribution in [0, 0.1) is 0 Å². The Morgan fingerprint density at radius 1 is 1.18 bits per heavy atom. The third-order valence-electron chi connectivity index (χ3n) is 3.01. The Labute approximate surface area is 137 Å². The normalized spacial score (nSPS) is 12.6. The van der Waals surface area contributed by atoms with Crippen molar-refractivity contribution in [2.75, 3.05) is 13.7 Å². The highest BCUT2D eigenvalue weighted by Gasteiger charge is 2.25. The van der Waals surface area contributed by atoms with Crippen molar-refractivity contribution in [1.29, 1.82) is 0 Å². The minimum Gasteiger partial charge on any atom is -0.497 e. The zero-order chi connectivity index (χ0) is 16.8. The van der Waals surface area contributed by atoms with Crippen LogP contribution in [0.1, 0.15) is 17.7 Å². The average molecular weight is 341 g/mol. The summed E-state index contributed by atoms with van der Waals surface area (Å²) in [4.78, 5) is 23.7. The van der Waals surface area contributed by atoms with Gasteiger partial charge in [-0.15, -0.1) is 0 Å². The maximum absolute atomic E-state index is 12.3. The first-order chi connectivity index (χ1) is 10.2. The molecule has 0 saturated carbocycles. The van der Waals surface area contributed by atoms with Crippen molar-refractivity contribution in [3.8, 4) is 5.75 Å². The van der Waals surface area contributed by atoms with Crippen LogP contribution in [-0.2, 0) is 14.3 Å². The number of ether oxygens (including phenoxy) is 2. The van der Waals surface area contributed by atoms with Crippen molar-refractivity contribution in [3.05, 3.63) is 29.8 Å². The first-order valence-corrected chi connectivity index (χ1v) is 11.8. The summed E-state index contributed by atoms with van der Waals surface area (Å²) in [5.74, 6) is 0.353. The SMILES string of the molecule is COc1ccc(C(SC(C)=O)C(=O)OCC[Si](C)(C)C)cc1. The molecule has 4 nitrogen and oxygen atoms in total. The Hall–Kier alpha value is -1.27. The second kappa shape index (κ2) is 8.38. The van der Waals surface area contributed by atoms with Gasteiger partial charge in [0.2, 0.25) is 0 Å². The van der Waals surface area contributed by atoms with Gasteiger partial charge >= 0.3 is 5.97 Å². The first-order valence-electron chi connectivity index (χ1n) is 7.21. The largest absolute Gasteiger partial charge is 0.497 e. The summed E-state index contributed by atoms with van der Waals surface area (Å²) in [6, 6.07) is 8.05. The van der Waals surface area contributed by atoms with E-state index in [2.05, 4.69) is 19.6 Å². The number of methoxy groups -OCH3 is 1. The van der Waals surface area contributed by atoms with Crippen LogP contribution in [0.2, 0.25) is 25.7 Å². The number of benzene rings is 1. The van der Waals surface area contributed by atoms with E-state index in [1.54, 1.807) is 31.4 Å². The van der Waals surface area contributed by atoms with Gasteiger partial charge in [-0.1, -0.05) is 43.5 Å². The second-order valence-electron chi connectivity index (χ2n) is 6.24. The van der Waals surface area contributed by atoms with Gasteiger partial charge in [-0.25, -0.2) is 0 Å². The van der Waals surface area contributed by atoms with Gasteiger partial charge in [0.25, 0.3) is 0 Å². The number of esters is 1. The minimum atomic E-state index is -1.25. The van der Waals surface area contributed by atoms with E-state index in [1.807, 2.05) is 0 Å². The molecule has 0 heterocycles. The fourth-order valence-electron chi connectivity index (χ4n) is 1.73. The zero-order valence-electron chi connectivity index (χ0n) is 13.8. The summed E-state index contributed by atoms with van der Waals surface area (Å²) < 4.78 is 10.5. The van der Waals surface area contributed by atoms with E-state index in [4.69, 9.17) is 9.47 Å². The number of hydrogen-bond donors (Lipinski definition) is 0. The molecule has 0 N–H and O–H groups in total. The van der Waals surface area contributed by atoms with Gasteiger partial charge in [-0.05, 0) is 23.7 Å². The first kappa shape index (κ1) is 18.8. The number of thioether (sulfide) groups is 1. The van der Waals surface area contributed by atoms with Crippen molar-refractivity contribution in [1.82, 2.24) is 0 Å².